The van der Waals surface area contributed by atoms with Gasteiger partial charge < -0.3 is 9.47 Å². The third-order valence-electron chi connectivity index (χ3n) is 3.03. The third kappa shape index (κ3) is 3.02. The van der Waals surface area contributed by atoms with E-state index in [9.17, 15) is 4.79 Å². The minimum absolute atomic E-state index is 0.174. The van der Waals surface area contributed by atoms with Gasteiger partial charge >= 0.3 is 6.01 Å². The molecule has 0 bridgehead atoms. The van der Waals surface area contributed by atoms with Crippen LogP contribution in [0.15, 0.2) is 24.3 Å². The fourth-order valence-electron chi connectivity index (χ4n) is 2.03. The lowest BCUT2D eigenvalue weighted by atomic mass is 10.1. The Balaban J connectivity index is 1.64. The van der Waals surface area contributed by atoms with Crippen molar-refractivity contribution in [3.63, 3.8) is 0 Å². The number of nitrogens with one attached hydrogen (secondary N) is 2. The molecule has 7 heteroatoms. The van der Waals surface area contributed by atoms with Crippen LogP contribution in [-0.4, -0.2) is 34.8 Å². The van der Waals surface area contributed by atoms with E-state index in [0.717, 1.165) is 29.9 Å². The Bertz CT molecular complexity index is 693. The molecule has 1 amide bonds. The fraction of sp³-hybridized carbons (Fsp3) is 0.214. The first-order valence-corrected chi connectivity index (χ1v) is 6.46. The highest BCUT2D eigenvalue weighted by Gasteiger charge is 2.11. The number of ether oxygens (including phenoxy) is 2. The molecule has 21 heavy (non-hydrogen) atoms. The number of anilines is 1. The normalized spacial score (nSPS) is 13.0. The van der Waals surface area contributed by atoms with E-state index in [1.807, 2.05) is 18.2 Å². The average molecular weight is 286 g/mol. The maximum absolute atomic E-state index is 11.8. The molecular formula is C14H14N4O3. The molecule has 0 atom stereocenters. The van der Waals surface area contributed by atoms with Crippen LogP contribution < -0.4 is 14.8 Å². The third-order valence-corrected chi connectivity index (χ3v) is 3.03. The van der Waals surface area contributed by atoms with E-state index in [4.69, 9.17) is 9.47 Å². The quantitative estimate of drug-likeness (QED) is 0.829. The van der Waals surface area contributed by atoms with Crippen molar-refractivity contribution in [3.05, 3.63) is 35.4 Å². The van der Waals surface area contributed by atoms with E-state index < -0.39 is 0 Å². The molecule has 1 aliphatic rings. The molecular weight excluding hydrogens is 272 g/mol. The standard InChI is InChI=1S/C14H14N4O3/c1-20-14-16-13(17-18-14)15-12(19)5-3-9-2-4-11-10(8-9)6-7-21-11/h2-5,8H,6-7H2,1H3,(H2,15,16,17,18,19)/b5-3+. The largest absolute Gasteiger partial charge is 0.493 e. The van der Waals surface area contributed by atoms with Crippen molar-refractivity contribution in [3.8, 4) is 11.8 Å². The maximum atomic E-state index is 11.8. The molecule has 0 unspecified atom stereocenters. The Morgan fingerprint density at radius 3 is 3.24 bits per heavy atom. The molecule has 2 aromatic rings. The van der Waals surface area contributed by atoms with Gasteiger partial charge in [-0.15, -0.1) is 5.10 Å². The molecule has 1 aromatic heterocycles. The van der Waals surface area contributed by atoms with Gasteiger partial charge in [-0.1, -0.05) is 6.07 Å². The molecule has 3 rings (SSSR count). The van der Waals surface area contributed by atoms with E-state index in [1.54, 1.807) is 6.08 Å². The van der Waals surface area contributed by atoms with Gasteiger partial charge in [0.15, 0.2) is 0 Å². The summed E-state index contributed by atoms with van der Waals surface area (Å²) in [5, 5.41) is 8.85. The summed E-state index contributed by atoms with van der Waals surface area (Å²) < 4.78 is 10.3. The van der Waals surface area contributed by atoms with Crippen LogP contribution in [0.3, 0.4) is 0 Å². The SMILES string of the molecule is COc1n[nH]c(NC(=O)/C=C/c2ccc3c(c2)CCO3)n1. The van der Waals surface area contributed by atoms with Crippen molar-refractivity contribution in [1.82, 2.24) is 15.2 Å². The number of carbonyl (C=O) groups is 1. The number of hydrogen-bond acceptors (Lipinski definition) is 5. The number of fused-ring (bicyclic) bond motifs is 1. The number of aromatic amines is 1. The number of rotatable bonds is 4. The maximum Gasteiger partial charge on any atom is 0.336 e. The number of amides is 1. The Kier molecular flexibility index (Phi) is 3.55. The van der Waals surface area contributed by atoms with Crippen LogP contribution in [0.25, 0.3) is 6.08 Å². The summed E-state index contributed by atoms with van der Waals surface area (Å²) in [5.74, 6) is 0.861. The summed E-state index contributed by atoms with van der Waals surface area (Å²) >= 11 is 0. The summed E-state index contributed by atoms with van der Waals surface area (Å²) in [7, 11) is 1.45. The van der Waals surface area contributed by atoms with Gasteiger partial charge in [-0.3, -0.25) is 10.1 Å². The van der Waals surface area contributed by atoms with Crippen LogP contribution in [-0.2, 0) is 11.2 Å². The second kappa shape index (κ2) is 5.66. The van der Waals surface area contributed by atoms with E-state index in [-0.39, 0.29) is 17.9 Å². The molecule has 0 saturated carbocycles. The predicted octanol–water partition coefficient (Wildman–Crippen LogP) is 1.40. The molecule has 1 aromatic carbocycles. The summed E-state index contributed by atoms with van der Waals surface area (Å²) in [5.41, 5.74) is 2.11. The number of carbonyl (C=O) groups excluding carboxylic acids is 1. The zero-order valence-electron chi connectivity index (χ0n) is 11.4. The van der Waals surface area contributed by atoms with E-state index >= 15 is 0 Å². The number of nitrogens with zero attached hydrogens (tertiary/aromatic N) is 2. The van der Waals surface area contributed by atoms with Gasteiger partial charge in [-0.2, -0.15) is 4.98 Å². The molecule has 1 aliphatic heterocycles. The molecule has 0 spiro atoms. The first-order valence-electron chi connectivity index (χ1n) is 6.46. The summed E-state index contributed by atoms with van der Waals surface area (Å²) in [6.45, 7) is 0.719. The Morgan fingerprint density at radius 1 is 1.52 bits per heavy atom. The van der Waals surface area contributed by atoms with Crippen LogP contribution >= 0.6 is 0 Å². The van der Waals surface area contributed by atoms with Crippen molar-refractivity contribution < 1.29 is 14.3 Å². The number of hydrogen-bond donors (Lipinski definition) is 2. The number of benzene rings is 1. The van der Waals surface area contributed by atoms with Crippen molar-refractivity contribution in [2.45, 2.75) is 6.42 Å². The summed E-state index contributed by atoms with van der Waals surface area (Å²) in [6.07, 6.45) is 4.08. The molecule has 7 nitrogen and oxygen atoms in total. The van der Waals surface area contributed by atoms with Crippen molar-refractivity contribution in [2.24, 2.45) is 0 Å². The van der Waals surface area contributed by atoms with E-state index in [0.29, 0.717) is 0 Å². The molecule has 2 N–H and O–H groups in total. The van der Waals surface area contributed by atoms with E-state index in [1.165, 1.54) is 13.2 Å². The number of methoxy groups -OCH3 is 1. The lowest BCUT2D eigenvalue weighted by Crippen LogP contribution is -2.09. The van der Waals surface area contributed by atoms with Gasteiger partial charge in [0.2, 0.25) is 5.95 Å². The fourth-order valence-corrected chi connectivity index (χ4v) is 2.03. The molecule has 0 fully saturated rings. The first kappa shape index (κ1) is 13.2. The van der Waals surface area contributed by atoms with Gasteiger partial charge in [-0.05, 0) is 29.3 Å². The van der Waals surface area contributed by atoms with Crippen LogP contribution in [0.5, 0.6) is 11.8 Å². The smallest absolute Gasteiger partial charge is 0.336 e. The van der Waals surface area contributed by atoms with Crippen LogP contribution in [0, 0.1) is 0 Å². The Hall–Kier alpha value is -2.83. The second-order valence-electron chi connectivity index (χ2n) is 4.46. The average Bonchev–Trinajstić information content (AvgIpc) is 3.13. The topological polar surface area (TPSA) is 89.1 Å². The zero-order valence-corrected chi connectivity index (χ0v) is 11.4. The molecule has 0 saturated heterocycles. The van der Waals surface area contributed by atoms with Crippen LogP contribution in [0.2, 0.25) is 0 Å². The van der Waals surface area contributed by atoms with E-state index in [2.05, 4.69) is 20.5 Å². The van der Waals surface area contributed by atoms with Gasteiger partial charge in [0.25, 0.3) is 5.91 Å². The highest BCUT2D eigenvalue weighted by molar-refractivity contribution is 6.00. The van der Waals surface area contributed by atoms with Crippen molar-refractivity contribution >= 4 is 17.9 Å². The highest BCUT2D eigenvalue weighted by atomic mass is 16.5. The molecule has 108 valence electrons. The Labute approximate surface area is 121 Å². The monoisotopic (exact) mass is 286 g/mol. The minimum Gasteiger partial charge on any atom is -0.493 e. The number of aromatic nitrogens is 3. The summed E-state index contributed by atoms with van der Waals surface area (Å²) in [6, 6.07) is 6.02. The zero-order chi connectivity index (χ0) is 14.7. The lowest BCUT2D eigenvalue weighted by Gasteiger charge is -2.00. The molecule has 0 radical (unpaired) electrons. The van der Waals surface area contributed by atoms with Crippen LogP contribution in [0.1, 0.15) is 11.1 Å². The van der Waals surface area contributed by atoms with Crippen molar-refractivity contribution in [1.29, 1.82) is 0 Å². The summed E-state index contributed by atoms with van der Waals surface area (Å²) in [4.78, 5) is 15.7. The molecule has 2 heterocycles. The number of H-pyrrole nitrogens is 1. The van der Waals surface area contributed by atoms with Crippen molar-refractivity contribution in [2.75, 3.05) is 19.0 Å². The lowest BCUT2D eigenvalue weighted by molar-refractivity contribution is -0.111. The highest BCUT2D eigenvalue weighted by Crippen LogP contribution is 2.26. The van der Waals surface area contributed by atoms with Gasteiger partial charge in [0.05, 0.1) is 13.7 Å². The Morgan fingerprint density at radius 2 is 2.43 bits per heavy atom. The first-order chi connectivity index (χ1) is 10.2. The minimum atomic E-state index is -0.300. The van der Waals surface area contributed by atoms with Gasteiger partial charge in [0.1, 0.15) is 5.75 Å². The molecule has 0 aliphatic carbocycles. The van der Waals surface area contributed by atoms with Gasteiger partial charge in [0, 0.05) is 12.5 Å². The predicted molar refractivity (Wildman–Crippen MR) is 76.2 cm³/mol. The second-order valence-corrected chi connectivity index (χ2v) is 4.46. The van der Waals surface area contributed by atoms with Gasteiger partial charge in [-0.25, -0.2) is 5.10 Å². The van der Waals surface area contributed by atoms with Crippen LogP contribution in [0.4, 0.5) is 5.95 Å².